The van der Waals surface area contributed by atoms with Gasteiger partial charge in [0.1, 0.15) is 18.3 Å². The molecule has 7 nitrogen and oxygen atoms in total. The van der Waals surface area contributed by atoms with E-state index in [-0.39, 0.29) is 34.6 Å². The van der Waals surface area contributed by atoms with Crippen LogP contribution in [0.4, 0.5) is 24.5 Å². The molecule has 0 saturated carbocycles. The number of halogens is 3. The summed E-state index contributed by atoms with van der Waals surface area (Å²) >= 11 is 0. The molecule has 0 radical (unpaired) electrons. The van der Waals surface area contributed by atoms with Gasteiger partial charge in [0.15, 0.2) is 5.69 Å². The number of guanidine groups is 1. The zero-order valence-electron chi connectivity index (χ0n) is 19.4. The first-order chi connectivity index (χ1) is 16.6. The first-order valence-electron chi connectivity index (χ1n) is 11.1. The lowest BCUT2D eigenvalue weighted by atomic mass is 10.1. The van der Waals surface area contributed by atoms with Gasteiger partial charge in [-0.1, -0.05) is 24.8 Å². The number of rotatable bonds is 3. The van der Waals surface area contributed by atoms with Crippen LogP contribution in [0.3, 0.4) is 0 Å². The van der Waals surface area contributed by atoms with E-state index in [1.54, 1.807) is 4.90 Å². The summed E-state index contributed by atoms with van der Waals surface area (Å²) in [4.78, 5) is 31.8. The Kier molecular flexibility index (Phi) is 6.52. The van der Waals surface area contributed by atoms with Crippen molar-refractivity contribution in [3.63, 3.8) is 0 Å². The van der Waals surface area contributed by atoms with E-state index < -0.39 is 17.6 Å². The highest BCUT2D eigenvalue weighted by Crippen LogP contribution is 2.43. The number of carbonyl (C=O) groups excluding carboxylic acids is 2. The summed E-state index contributed by atoms with van der Waals surface area (Å²) in [6, 6.07) is 9.48. The molecule has 2 aliphatic heterocycles. The highest BCUT2D eigenvalue weighted by atomic mass is 19.4. The fourth-order valence-electron chi connectivity index (χ4n) is 4.61. The van der Waals surface area contributed by atoms with E-state index in [1.807, 2.05) is 32.2 Å². The molecule has 2 aliphatic rings. The third-order valence-electron chi connectivity index (χ3n) is 6.49. The third kappa shape index (κ3) is 4.59. The molecule has 1 fully saturated rings. The number of nitrogens with one attached hydrogen (secondary N) is 1. The predicted octanol–water partition coefficient (Wildman–Crippen LogP) is 3.80. The van der Waals surface area contributed by atoms with Gasteiger partial charge in [0.25, 0.3) is 5.91 Å². The van der Waals surface area contributed by atoms with Gasteiger partial charge in [0.2, 0.25) is 5.91 Å². The van der Waals surface area contributed by atoms with Crippen LogP contribution in [0.2, 0.25) is 0 Å². The van der Waals surface area contributed by atoms with Crippen LogP contribution in [0.15, 0.2) is 60.1 Å². The Balaban J connectivity index is 1.72. The van der Waals surface area contributed by atoms with Crippen LogP contribution in [0.1, 0.15) is 21.5 Å². The molecule has 2 amide bonds. The number of amides is 2. The van der Waals surface area contributed by atoms with E-state index in [4.69, 9.17) is 4.74 Å². The Morgan fingerprint density at radius 3 is 2.71 bits per heavy atom. The van der Waals surface area contributed by atoms with Gasteiger partial charge >= 0.3 is 12.1 Å². The summed E-state index contributed by atoms with van der Waals surface area (Å²) in [6.07, 6.45) is -3.33. The molecule has 184 valence electrons. The highest BCUT2D eigenvalue weighted by Gasteiger charge is 2.50. The normalized spacial score (nSPS) is 22.1. The number of para-hydroxylation sites is 1. The van der Waals surface area contributed by atoms with Gasteiger partial charge in [0.05, 0.1) is 25.8 Å². The largest absolute Gasteiger partial charge is 0.416 e. The monoisotopic (exact) mass is 487 g/mol. The van der Waals surface area contributed by atoms with Crippen LogP contribution in [-0.4, -0.2) is 62.1 Å². The van der Waals surface area contributed by atoms with Gasteiger partial charge in [-0.25, -0.2) is 4.48 Å². The summed E-state index contributed by atoms with van der Waals surface area (Å²) in [6.45, 7) is 6.83. The molecule has 0 aromatic heterocycles. The number of likely N-dealkylation sites (N-methyl/N-ethyl adjacent to an activating group) is 1. The molecule has 2 unspecified atom stereocenters. The number of aryl methyl sites for hydroxylation is 1. The van der Waals surface area contributed by atoms with E-state index >= 15 is 0 Å². The number of alkyl halides is 3. The fraction of sp³-hybridized carbons (Fsp3) is 0.320. The van der Waals surface area contributed by atoms with E-state index in [0.717, 1.165) is 23.4 Å². The van der Waals surface area contributed by atoms with Crippen molar-refractivity contribution in [3.8, 4) is 0 Å². The second-order valence-corrected chi connectivity index (χ2v) is 8.70. The van der Waals surface area contributed by atoms with Crippen LogP contribution in [0, 0.1) is 6.92 Å². The van der Waals surface area contributed by atoms with Gasteiger partial charge in [-0.15, -0.1) is 0 Å². The molecule has 2 aromatic carbocycles. The van der Waals surface area contributed by atoms with E-state index in [1.165, 1.54) is 18.2 Å². The molecule has 2 aromatic rings. The van der Waals surface area contributed by atoms with Crippen LogP contribution in [0.25, 0.3) is 0 Å². The lowest BCUT2D eigenvalue weighted by Crippen LogP contribution is -2.65. The van der Waals surface area contributed by atoms with E-state index in [9.17, 15) is 22.8 Å². The smallest absolute Gasteiger partial charge is 0.373 e. The molecule has 1 saturated heterocycles. The number of nitrogens with zero attached hydrogens (tertiary/aromatic N) is 3. The van der Waals surface area contributed by atoms with Crippen LogP contribution in [0.5, 0.6) is 0 Å². The molecule has 4 rings (SSSR count). The third-order valence-corrected chi connectivity index (χ3v) is 6.49. The summed E-state index contributed by atoms with van der Waals surface area (Å²) in [7, 11) is 1.86. The van der Waals surface area contributed by atoms with Gasteiger partial charge in [-0.3, -0.25) is 14.9 Å². The summed E-state index contributed by atoms with van der Waals surface area (Å²) in [5.74, 6) is -0.695. The number of fused-ring (bicyclic) bond motifs is 1. The number of carbonyl (C=O) groups is 2. The minimum absolute atomic E-state index is 0.0215. The van der Waals surface area contributed by atoms with Crippen molar-refractivity contribution in [1.29, 1.82) is 0 Å². The average Bonchev–Trinajstić information content (AvgIpc) is 2.97. The topological polar surface area (TPSA) is 71.0 Å². The lowest BCUT2D eigenvalue weighted by molar-refractivity contribution is -0.137. The SMILES string of the molecule is C=CC(=O)N1CCOCC([N+]2(C)C(NC(=O)c3cccc(C(F)(F)F)c3)=Nc3cccc(C)c32)C1. The van der Waals surface area contributed by atoms with Crippen LogP contribution in [-0.2, 0) is 15.7 Å². The maximum absolute atomic E-state index is 13.2. The maximum atomic E-state index is 13.2. The maximum Gasteiger partial charge on any atom is 0.416 e. The van der Waals surface area contributed by atoms with Crippen molar-refractivity contribution in [3.05, 3.63) is 71.8 Å². The Hall–Kier alpha value is -3.50. The number of aliphatic imine (C=N–C) groups is 1. The Morgan fingerprint density at radius 2 is 2.00 bits per heavy atom. The van der Waals surface area contributed by atoms with Gasteiger partial charge in [-0.05, 0) is 37.3 Å². The van der Waals surface area contributed by atoms with E-state index in [0.29, 0.717) is 25.4 Å². The molecule has 0 bridgehead atoms. The van der Waals surface area contributed by atoms with Crippen molar-refractivity contribution in [2.75, 3.05) is 33.4 Å². The Bertz CT molecular complexity index is 1210. The molecular weight excluding hydrogens is 461 g/mol. The van der Waals surface area contributed by atoms with Crippen molar-refractivity contribution < 1.29 is 27.5 Å². The Labute approximate surface area is 201 Å². The zero-order chi connectivity index (χ0) is 25.4. The average molecular weight is 488 g/mol. The summed E-state index contributed by atoms with van der Waals surface area (Å²) < 4.78 is 45.4. The Morgan fingerprint density at radius 1 is 1.26 bits per heavy atom. The molecular formula is C25H26F3N4O3+. The van der Waals surface area contributed by atoms with Crippen molar-refractivity contribution >= 4 is 29.1 Å². The standard InChI is InChI=1S/C25H25F3N4O3/c1-4-21(33)31-11-12-35-15-19(14-31)32(3)22-16(2)7-5-10-20(22)29-24(32)30-23(34)17-8-6-9-18(13-17)25(26,27)28/h4-10,13,19H,1,11-12,14-15H2,2-3H3/p+1. The second kappa shape index (κ2) is 9.27. The number of quaternary nitrogens is 1. The molecule has 10 heteroatoms. The summed E-state index contributed by atoms with van der Waals surface area (Å²) in [5.41, 5.74) is 1.34. The lowest BCUT2D eigenvalue weighted by Gasteiger charge is -2.39. The van der Waals surface area contributed by atoms with Crippen LogP contribution >= 0.6 is 0 Å². The molecule has 1 N–H and O–H groups in total. The van der Waals surface area contributed by atoms with E-state index in [2.05, 4.69) is 16.9 Å². The molecule has 35 heavy (non-hydrogen) atoms. The number of benzene rings is 2. The first kappa shape index (κ1) is 24.6. The number of ether oxygens (including phenoxy) is 1. The van der Waals surface area contributed by atoms with Gasteiger partial charge in [0, 0.05) is 17.7 Å². The molecule has 2 atom stereocenters. The van der Waals surface area contributed by atoms with Crippen LogP contribution < -0.4 is 9.80 Å². The van der Waals surface area contributed by atoms with Gasteiger partial charge < -0.3 is 9.64 Å². The van der Waals surface area contributed by atoms with Crippen molar-refractivity contribution in [2.24, 2.45) is 4.99 Å². The number of hydrogen-bond acceptors (Lipinski definition) is 4. The fourth-order valence-corrected chi connectivity index (χ4v) is 4.61. The molecule has 0 aliphatic carbocycles. The zero-order valence-corrected chi connectivity index (χ0v) is 19.4. The molecule has 0 spiro atoms. The minimum Gasteiger partial charge on any atom is -0.373 e. The molecule has 2 heterocycles. The quantitative estimate of drug-likeness (QED) is 0.529. The van der Waals surface area contributed by atoms with Gasteiger partial charge in [-0.2, -0.15) is 18.2 Å². The van der Waals surface area contributed by atoms with Crippen molar-refractivity contribution in [1.82, 2.24) is 14.7 Å². The highest BCUT2D eigenvalue weighted by molar-refractivity contribution is 6.13. The first-order valence-corrected chi connectivity index (χ1v) is 11.1. The van der Waals surface area contributed by atoms with Crippen molar-refractivity contribution in [2.45, 2.75) is 19.1 Å². The summed E-state index contributed by atoms with van der Waals surface area (Å²) in [5, 5.41) is 2.75. The second-order valence-electron chi connectivity index (χ2n) is 8.70. The minimum atomic E-state index is -4.57. The number of hydrogen-bond donors (Lipinski definition) is 1. The predicted molar refractivity (Wildman–Crippen MR) is 126 cm³/mol.